The molecule has 2 aromatic heterocycles. The number of ketones is 1. The molecular weight excluding hydrogens is 300 g/mol. The van der Waals surface area contributed by atoms with E-state index in [1.54, 1.807) is 25.5 Å². The molecule has 0 atom stereocenters. The van der Waals surface area contributed by atoms with Gasteiger partial charge in [-0.25, -0.2) is 4.98 Å². The Kier molecular flexibility index (Phi) is 3.93. The fourth-order valence-electron chi connectivity index (χ4n) is 2.21. The maximum atomic E-state index is 12.6. The number of anilines is 1. The van der Waals surface area contributed by atoms with Crippen molar-refractivity contribution in [1.29, 1.82) is 0 Å². The molecule has 5 nitrogen and oxygen atoms in total. The first-order valence-corrected chi connectivity index (χ1v) is 7.46. The number of furan rings is 1. The quantitative estimate of drug-likeness (QED) is 0.730. The molecule has 2 heterocycles. The number of benzene rings is 1. The van der Waals surface area contributed by atoms with E-state index in [1.165, 1.54) is 11.3 Å². The van der Waals surface area contributed by atoms with Crippen LogP contribution in [0.2, 0.25) is 0 Å². The Morgan fingerprint density at radius 1 is 1.32 bits per heavy atom. The van der Waals surface area contributed by atoms with Crippen LogP contribution in [-0.2, 0) is 6.42 Å². The number of Topliss-reactive ketones (excluding diaryl/α,β-unsaturated/α-hetero) is 1. The Morgan fingerprint density at radius 2 is 2.14 bits per heavy atom. The summed E-state index contributed by atoms with van der Waals surface area (Å²) < 4.78 is 10.6. The van der Waals surface area contributed by atoms with E-state index in [2.05, 4.69) is 4.98 Å². The molecule has 6 heteroatoms. The molecule has 3 rings (SSSR count). The first kappa shape index (κ1) is 14.3. The number of aromatic nitrogens is 1. The van der Waals surface area contributed by atoms with Gasteiger partial charge in [-0.3, -0.25) is 4.79 Å². The van der Waals surface area contributed by atoms with Gasteiger partial charge in [-0.1, -0.05) is 29.5 Å². The minimum Gasteiger partial charge on any atom is -0.496 e. The van der Waals surface area contributed by atoms with Crippen molar-refractivity contribution >= 4 is 22.3 Å². The highest BCUT2D eigenvalue weighted by atomic mass is 32.1. The van der Waals surface area contributed by atoms with Crippen LogP contribution in [0.25, 0.3) is 11.5 Å². The zero-order chi connectivity index (χ0) is 15.5. The number of rotatable bonds is 5. The van der Waals surface area contributed by atoms with Crippen molar-refractivity contribution < 1.29 is 13.9 Å². The number of nitrogens with zero attached hydrogens (tertiary/aromatic N) is 1. The number of methoxy groups -OCH3 is 1. The number of carbonyl (C=O) groups excluding carboxylic acids is 1. The third-order valence-corrected chi connectivity index (χ3v) is 4.12. The smallest absolute Gasteiger partial charge is 0.181 e. The standard InChI is InChI=1S/C16H14N2O3S/c1-20-12-6-3-2-5-10(12)9-11(19)15-14(18-16(17)22-15)13-7-4-8-21-13/h2-8H,9H2,1H3,(H2,17,18). The molecular formula is C16H14N2O3S. The van der Waals surface area contributed by atoms with Crippen molar-refractivity contribution in [1.82, 2.24) is 4.98 Å². The summed E-state index contributed by atoms with van der Waals surface area (Å²) in [4.78, 5) is 17.3. The number of nitrogens with two attached hydrogens (primary N) is 1. The van der Waals surface area contributed by atoms with Gasteiger partial charge in [-0.2, -0.15) is 0 Å². The van der Waals surface area contributed by atoms with Crippen LogP contribution in [-0.4, -0.2) is 17.9 Å². The SMILES string of the molecule is COc1ccccc1CC(=O)c1sc(N)nc1-c1ccco1. The number of carbonyl (C=O) groups is 1. The molecule has 0 aliphatic carbocycles. The summed E-state index contributed by atoms with van der Waals surface area (Å²) in [5.74, 6) is 1.16. The van der Waals surface area contributed by atoms with Crippen molar-refractivity contribution in [2.24, 2.45) is 0 Å². The molecule has 112 valence electrons. The molecule has 2 N–H and O–H groups in total. The van der Waals surface area contributed by atoms with Gasteiger partial charge in [0, 0.05) is 12.0 Å². The Hall–Kier alpha value is -2.60. The molecule has 0 radical (unpaired) electrons. The van der Waals surface area contributed by atoms with E-state index < -0.39 is 0 Å². The van der Waals surface area contributed by atoms with E-state index in [0.29, 0.717) is 27.2 Å². The van der Waals surface area contributed by atoms with Crippen LogP contribution in [0, 0.1) is 0 Å². The van der Waals surface area contributed by atoms with Gasteiger partial charge in [0.2, 0.25) is 0 Å². The average molecular weight is 314 g/mol. The summed E-state index contributed by atoms with van der Waals surface area (Å²) in [6, 6.07) is 10.9. The topological polar surface area (TPSA) is 78.4 Å². The highest BCUT2D eigenvalue weighted by Crippen LogP contribution is 2.31. The van der Waals surface area contributed by atoms with Crippen molar-refractivity contribution in [3.05, 3.63) is 53.1 Å². The van der Waals surface area contributed by atoms with Crippen LogP contribution < -0.4 is 10.5 Å². The van der Waals surface area contributed by atoms with Gasteiger partial charge in [-0.15, -0.1) is 0 Å². The normalized spacial score (nSPS) is 10.6. The monoisotopic (exact) mass is 314 g/mol. The van der Waals surface area contributed by atoms with Crippen LogP contribution in [0.15, 0.2) is 47.1 Å². The molecule has 0 fully saturated rings. The van der Waals surface area contributed by atoms with E-state index in [-0.39, 0.29) is 12.2 Å². The number of ether oxygens (including phenoxy) is 1. The highest BCUT2D eigenvalue weighted by Gasteiger charge is 2.21. The van der Waals surface area contributed by atoms with Crippen molar-refractivity contribution in [2.75, 3.05) is 12.8 Å². The third-order valence-electron chi connectivity index (χ3n) is 3.20. The maximum absolute atomic E-state index is 12.6. The number of thiazole rings is 1. The molecule has 1 aromatic carbocycles. The molecule has 0 bridgehead atoms. The molecule has 0 saturated carbocycles. The average Bonchev–Trinajstić information content (AvgIpc) is 3.16. The van der Waals surface area contributed by atoms with Gasteiger partial charge in [0.15, 0.2) is 16.7 Å². The molecule has 3 aromatic rings. The van der Waals surface area contributed by atoms with E-state index in [9.17, 15) is 4.79 Å². The number of hydrogen-bond acceptors (Lipinski definition) is 6. The van der Waals surface area contributed by atoms with Crippen molar-refractivity contribution in [3.63, 3.8) is 0 Å². The second kappa shape index (κ2) is 6.03. The molecule has 0 spiro atoms. The molecule has 0 unspecified atom stereocenters. The third kappa shape index (κ3) is 2.73. The Morgan fingerprint density at radius 3 is 2.86 bits per heavy atom. The van der Waals surface area contributed by atoms with Crippen LogP contribution in [0.4, 0.5) is 5.13 Å². The summed E-state index contributed by atoms with van der Waals surface area (Å²) in [6.07, 6.45) is 1.76. The number of nitrogen functional groups attached to an aromatic ring is 1. The lowest BCUT2D eigenvalue weighted by Gasteiger charge is -2.07. The maximum Gasteiger partial charge on any atom is 0.181 e. The first-order valence-electron chi connectivity index (χ1n) is 6.64. The van der Waals surface area contributed by atoms with E-state index >= 15 is 0 Å². The van der Waals surface area contributed by atoms with Gasteiger partial charge < -0.3 is 14.9 Å². The largest absolute Gasteiger partial charge is 0.496 e. The van der Waals surface area contributed by atoms with Crippen molar-refractivity contribution in [2.45, 2.75) is 6.42 Å². The van der Waals surface area contributed by atoms with E-state index in [4.69, 9.17) is 14.9 Å². The summed E-state index contributed by atoms with van der Waals surface area (Å²) in [5.41, 5.74) is 7.08. The zero-order valence-electron chi connectivity index (χ0n) is 11.9. The van der Waals surface area contributed by atoms with Gasteiger partial charge in [0.25, 0.3) is 0 Å². The molecule has 0 amide bonds. The fraction of sp³-hybridized carbons (Fsp3) is 0.125. The lowest BCUT2D eigenvalue weighted by atomic mass is 10.1. The molecule has 0 aliphatic heterocycles. The van der Waals surface area contributed by atoms with E-state index in [0.717, 1.165) is 5.56 Å². The number of hydrogen-bond donors (Lipinski definition) is 1. The van der Waals surface area contributed by atoms with E-state index in [1.807, 2.05) is 24.3 Å². The zero-order valence-corrected chi connectivity index (χ0v) is 12.7. The summed E-state index contributed by atoms with van der Waals surface area (Å²) in [5, 5.41) is 0.342. The molecule has 0 aliphatic rings. The van der Waals surface area contributed by atoms with Crippen molar-refractivity contribution in [3.8, 4) is 17.2 Å². The molecule has 22 heavy (non-hydrogen) atoms. The van der Waals surface area contributed by atoms with Gasteiger partial charge in [0.05, 0.1) is 13.4 Å². The molecule has 0 saturated heterocycles. The van der Waals surface area contributed by atoms with Crippen LogP contribution >= 0.6 is 11.3 Å². The predicted molar refractivity (Wildman–Crippen MR) is 85.3 cm³/mol. The van der Waals surface area contributed by atoms with Crippen LogP contribution in [0.1, 0.15) is 15.2 Å². The summed E-state index contributed by atoms with van der Waals surface area (Å²) in [7, 11) is 1.59. The Labute approximate surface area is 131 Å². The van der Waals surface area contributed by atoms with Crippen LogP contribution in [0.3, 0.4) is 0 Å². The second-order valence-corrected chi connectivity index (χ2v) is 5.65. The lowest BCUT2D eigenvalue weighted by molar-refractivity contribution is 0.0996. The summed E-state index contributed by atoms with van der Waals surface area (Å²) in [6.45, 7) is 0. The lowest BCUT2D eigenvalue weighted by Crippen LogP contribution is -2.04. The second-order valence-electron chi connectivity index (χ2n) is 4.62. The minimum absolute atomic E-state index is 0.0647. The predicted octanol–water partition coefficient (Wildman–Crippen LogP) is 3.42. The number of para-hydroxylation sites is 1. The van der Waals surface area contributed by atoms with Gasteiger partial charge in [0.1, 0.15) is 16.3 Å². The Bertz CT molecular complexity index is 794. The summed E-state index contributed by atoms with van der Waals surface area (Å²) >= 11 is 1.17. The minimum atomic E-state index is -0.0647. The van der Waals surface area contributed by atoms with Crippen LogP contribution in [0.5, 0.6) is 5.75 Å². The van der Waals surface area contributed by atoms with Gasteiger partial charge in [-0.05, 0) is 18.2 Å². The van der Waals surface area contributed by atoms with Gasteiger partial charge >= 0.3 is 0 Å². The Balaban J connectivity index is 1.93. The highest BCUT2D eigenvalue weighted by molar-refractivity contribution is 7.17. The first-order chi connectivity index (χ1) is 10.7. The fourth-order valence-corrected chi connectivity index (χ4v) is 2.98.